The van der Waals surface area contributed by atoms with E-state index in [2.05, 4.69) is 4.98 Å². The van der Waals surface area contributed by atoms with E-state index in [0.717, 1.165) is 10.9 Å². The second-order valence-electron chi connectivity index (χ2n) is 3.68. The third kappa shape index (κ3) is 1.92. The first-order valence-electron chi connectivity index (χ1n) is 5.08. The van der Waals surface area contributed by atoms with Crippen molar-refractivity contribution in [3.63, 3.8) is 0 Å². The Morgan fingerprint density at radius 2 is 2.19 bits per heavy atom. The summed E-state index contributed by atoms with van der Waals surface area (Å²) in [5.41, 5.74) is 1.48. The molecule has 2 heterocycles. The Labute approximate surface area is 92.6 Å². The van der Waals surface area contributed by atoms with Crippen molar-refractivity contribution >= 4 is 11.0 Å². The van der Waals surface area contributed by atoms with E-state index >= 15 is 0 Å². The zero-order valence-electron chi connectivity index (χ0n) is 8.74. The molecular formula is C11H14N2O3. The average molecular weight is 222 g/mol. The van der Waals surface area contributed by atoms with Crippen molar-refractivity contribution in [1.82, 2.24) is 9.55 Å². The second kappa shape index (κ2) is 4.61. The summed E-state index contributed by atoms with van der Waals surface area (Å²) in [4.78, 5) is 4.20. The summed E-state index contributed by atoms with van der Waals surface area (Å²) >= 11 is 0. The molecule has 0 bridgehead atoms. The van der Waals surface area contributed by atoms with Crippen molar-refractivity contribution in [2.45, 2.75) is 19.3 Å². The molecule has 0 aliphatic heterocycles. The fraction of sp³-hybridized carbons (Fsp3) is 0.364. The SMILES string of the molecule is OCc1cn(CC(O)CO)c2ncccc12. The molecule has 0 amide bonds. The molecule has 0 radical (unpaired) electrons. The van der Waals surface area contributed by atoms with E-state index in [-0.39, 0.29) is 19.8 Å². The standard InChI is InChI=1S/C11H14N2O3/c14-6-8-4-13(5-9(16)7-15)11-10(8)2-1-3-12-11/h1-4,9,14-16H,5-7H2. The van der Waals surface area contributed by atoms with Crippen LogP contribution in [0.5, 0.6) is 0 Å². The van der Waals surface area contributed by atoms with Crippen molar-refractivity contribution in [3.05, 3.63) is 30.1 Å². The van der Waals surface area contributed by atoms with Gasteiger partial charge >= 0.3 is 0 Å². The predicted molar refractivity (Wildman–Crippen MR) is 58.7 cm³/mol. The zero-order valence-corrected chi connectivity index (χ0v) is 8.74. The molecule has 1 unspecified atom stereocenters. The van der Waals surface area contributed by atoms with Crippen LogP contribution in [0.2, 0.25) is 0 Å². The van der Waals surface area contributed by atoms with Crippen molar-refractivity contribution in [3.8, 4) is 0 Å². The molecule has 0 aliphatic rings. The molecule has 86 valence electrons. The largest absolute Gasteiger partial charge is 0.394 e. The molecule has 0 saturated heterocycles. The Hall–Kier alpha value is -1.43. The minimum Gasteiger partial charge on any atom is -0.394 e. The highest BCUT2D eigenvalue weighted by Gasteiger charge is 2.11. The Morgan fingerprint density at radius 3 is 2.88 bits per heavy atom. The van der Waals surface area contributed by atoms with Gasteiger partial charge in [0, 0.05) is 23.3 Å². The molecule has 16 heavy (non-hydrogen) atoms. The minimum atomic E-state index is -0.816. The van der Waals surface area contributed by atoms with Crippen LogP contribution in [0.1, 0.15) is 5.56 Å². The molecule has 5 nitrogen and oxygen atoms in total. The molecule has 5 heteroatoms. The number of pyridine rings is 1. The van der Waals surface area contributed by atoms with Gasteiger partial charge in [-0.25, -0.2) is 4.98 Å². The van der Waals surface area contributed by atoms with E-state index in [4.69, 9.17) is 5.11 Å². The summed E-state index contributed by atoms with van der Waals surface area (Å²) in [5, 5.41) is 28.2. The maximum atomic E-state index is 9.39. The fourth-order valence-corrected chi connectivity index (χ4v) is 1.75. The lowest BCUT2D eigenvalue weighted by Crippen LogP contribution is -2.19. The number of fused-ring (bicyclic) bond motifs is 1. The number of aliphatic hydroxyl groups is 3. The number of aromatic nitrogens is 2. The van der Waals surface area contributed by atoms with Crippen LogP contribution in [-0.4, -0.2) is 37.6 Å². The summed E-state index contributed by atoms with van der Waals surface area (Å²) in [5.74, 6) is 0. The lowest BCUT2D eigenvalue weighted by atomic mass is 10.2. The van der Waals surface area contributed by atoms with Crippen LogP contribution in [0.15, 0.2) is 24.5 Å². The van der Waals surface area contributed by atoms with Gasteiger partial charge in [-0.2, -0.15) is 0 Å². The van der Waals surface area contributed by atoms with Crippen molar-refractivity contribution < 1.29 is 15.3 Å². The highest BCUT2D eigenvalue weighted by molar-refractivity contribution is 5.80. The maximum absolute atomic E-state index is 9.39. The number of hydrogen-bond donors (Lipinski definition) is 3. The Morgan fingerprint density at radius 1 is 1.38 bits per heavy atom. The normalized spacial score (nSPS) is 13.2. The van der Waals surface area contributed by atoms with Gasteiger partial charge in [-0.1, -0.05) is 0 Å². The molecule has 0 spiro atoms. The molecule has 1 atom stereocenters. The monoisotopic (exact) mass is 222 g/mol. The van der Waals surface area contributed by atoms with Crippen LogP contribution in [0.25, 0.3) is 11.0 Å². The third-order valence-electron chi connectivity index (χ3n) is 2.50. The van der Waals surface area contributed by atoms with Crippen LogP contribution in [0.4, 0.5) is 0 Å². The maximum Gasteiger partial charge on any atom is 0.140 e. The summed E-state index contributed by atoms with van der Waals surface area (Å²) in [6.45, 7) is -0.0879. The van der Waals surface area contributed by atoms with Gasteiger partial charge in [0.25, 0.3) is 0 Å². The molecular weight excluding hydrogens is 208 g/mol. The van der Waals surface area contributed by atoms with Gasteiger partial charge in [-0.15, -0.1) is 0 Å². The first-order valence-corrected chi connectivity index (χ1v) is 5.08. The Bertz CT molecular complexity index is 481. The minimum absolute atomic E-state index is 0.0651. The van der Waals surface area contributed by atoms with Gasteiger partial charge in [0.2, 0.25) is 0 Å². The van der Waals surface area contributed by atoms with Crippen molar-refractivity contribution in [2.75, 3.05) is 6.61 Å². The summed E-state index contributed by atoms with van der Waals surface area (Å²) in [6, 6.07) is 3.67. The molecule has 2 aromatic heterocycles. The van der Waals surface area contributed by atoms with Gasteiger partial charge in [0.1, 0.15) is 5.65 Å². The topological polar surface area (TPSA) is 78.5 Å². The van der Waals surface area contributed by atoms with Crippen molar-refractivity contribution in [1.29, 1.82) is 0 Å². The lowest BCUT2D eigenvalue weighted by Gasteiger charge is -2.08. The number of rotatable bonds is 4. The predicted octanol–water partition coefficient (Wildman–Crippen LogP) is -0.118. The van der Waals surface area contributed by atoms with E-state index in [1.165, 1.54) is 0 Å². The van der Waals surface area contributed by atoms with E-state index in [9.17, 15) is 10.2 Å². The Kier molecular flexibility index (Phi) is 3.19. The summed E-state index contributed by atoms with van der Waals surface area (Å²) in [7, 11) is 0. The van der Waals surface area contributed by atoms with Gasteiger partial charge < -0.3 is 19.9 Å². The second-order valence-corrected chi connectivity index (χ2v) is 3.68. The van der Waals surface area contributed by atoms with Crippen LogP contribution >= 0.6 is 0 Å². The first-order chi connectivity index (χ1) is 7.76. The van der Waals surface area contributed by atoms with Gasteiger partial charge in [-0.05, 0) is 12.1 Å². The highest BCUT2D eigenvalue weighted by atomic mass is 16.3. The van der Waals surface area contributed by atoms with Crippen molar-refractivity contribution in [2.24, 2.45) is 0 Å². The van der Waals surface area contributed by atoms with E-state index in [1.54, 1.807) is 23.0 Å². The highest BCUT2D eigenvalue weighted by Crippen LogP contribution is 2.19. The van der Waals surface area contributed by atoms with E-state index in [1.807, 2.05) is 6.07 Å². The first kappa shape index (κ1) is 11.1. The van der Waals surface area contributed by atoms with E-state index in [0.29, 0.717) is 5.65 Å². The summed E-state index contributed by atoms with van der Waals surface area (Å²) in [6.07, 6.45) is 2.59. The van der Waals surface area contributed by atoms with Crippen LogP contribution in [0, 0.1) is 0 Å². The molecule has 2 aromatic rings. The quantitative estimate of drug-likeness (QED) is 0.674. The Balaban J connectivity index is 2.45. The molecule has 0 saturated carbocycles. The number of hydrogen-bond acceptors (Lipinski definition) is 4. The molecule has 2 rings (SSSR count). The molecule has 3 N–H and O–H groups in total. The summed E-state index contributed by atoms with van der Waals surface area (Å²) < 4.78 is 1.74. The van der Waals surface area contributed by atoms with Gasteiger partial charge in [0.05, 0.1) is 25.9 Å². The number of nitrogens with zero attached hydrogens (tertiary/aromatic N) is 2. The van der Waals surface area contributed by atoms with Crippen LogP contribution < -0.4 is 0 Å². The lowest BCUT2D eigenvalue weighted by molar-refractivity contribution is 0.0820. The van der Waals surface area contributed by atoms with Crippen LogP contribution in [-0.2, 0) is 13.2 Å². The van der Waals surface area contributed by atoms with Crippen LogP contribution in [0.3, 0.4) is 0 Å². The van der Waals surface area contributed by atoms with Gasteiger partial charge in [-0.3, -0.25) is 0 Å². The average Bonchev–Trinajstić information content (AvgIpc) is 2.68. The number of aliphatic hydroxyl groups excluding tert-OH is 3. The third-order valence-corrected chi connectivity index (χ3v) is 2.50. The zero-order chi connectivity index (χ0) is 11.5. The van der Waals surface area contributed by atoms with E-state index < -0.39 is 6.10 Å². The molecule has 0 aromatic carbocycles. The molecule has 0 aliphatic carbocycles. The molecule has 0 fully saturated rings. The fourth-order valence-electron chi connectivity index (χ4n) is 1.75. The van der Waals surface area contributed by atoms with Gasteiger partial charge in [0.15, 0.2) is 0 Å². The smallest absolute Gasteiger partial charge is 0.140 e.